The molecule has 1 aromatic heterocycles. The fourth-order valence-electron chi connectivity index (χ4n) is 0.648. The van der Waals surface area contributed by atoms with Crippen LogP contribution in [-0.2, 0) is 4.79 Å². The first-order valence-corrected chi connectivity index (χ1v) is 5.36. The number of hydrogen-bond acceptors (Lipinski definition) is 4. The number of halogens is 1. The largest absolute Gasteiger partial charge is 0.330 e. The molecule has 6 heteroatoms. The monoisotopic (exact) mass is 263 g/mol. The zero-order valence-corrected chi connectivity index (χ0v) is 9.48. The molecule has 1 unspecified atom stereocenters. The van der Waals surface area contributed by atoms with Gasteiger partial charge in [0.1, 0.15) is 0 Å². The molecule has 1 rings (SSSR count). The van der Waals surface area contributed by atoms with E-state index in [4.69, 9.17) is 5.73 Å². The van der Waals surface area contributed by atoms with Crippen LogP contribution in [0.15, 0.2) is 9.98 Å². The van der Waals surface area contributed by atoms with Crippen molar-refractivity contribution < 1.29 is 4.79 Å². The first kappa shape index (κ1) is 10.6. The minimum atomic E-state index is -0.178. The molecule has 3 N–H and O–H groups in total. The van der Waals surface area contributed by atoms with E-state index in [0.29, 0.717) is 11.7 Å². The lowest BCUT2D eigenvalue weighted by Gasteiger charge is -2.06. The molecule has 0 aliphatic carbocycles. The van der Waals surface area contributed by atoms with Gasteiger partial charge in [0.25, 0.3) is 0 Å². The van der Waals surface area contributed by atoms with Crippen LogP contribution < -0.4 is 11.1 Å². The Kier molecular flexibility index (Phi) is 3.83. The normalized spacial score (nSPS) is 12.5. The fraction of sp³-hybridized carbons (Fsp3) is 0.429. The fourth-order valence-corrected chi connectivity index (χ4v) is 1.76. The topological polar surface area (TPSA) is 68.0 Å². The van der Waals surface area contributed by atoms with Gasteiger partial charge >= 0.3 is 0 Å². The van der Waals surface area contributed by atoms with E-state index in [2.05, 4.69) is 26.2 Å². The maximum absolute atomic E-state index is 11.3. The highest BCUT2D eigenvalue weighted by Crippen LogP contribution is 2.23. The highest BCUT2D eigenvalue weighted by Gasteiger charge is 2.12. The van der Waals surface area contributed by atoms with Gasteiger partial charge in [-0.25, -0.2) is 4.98 Å². The molecule has 0 aromatic carbocycles. The first-order chi connectivity index (χ1) is 6.13. The van der Waals surface area contributed by atoms with Gasteiger partial charge in [0.2, 0.25) is 5.91 Å². The molecule has 0 saturated heterocycles. The highest BCUT2D eigenvalue weighted by atomic mass is 79.9. The molecule has 1 aromatic rings. The molecule has 0 spiro atoms. The van der Waals surface area contributed by atoms with Gasteiger partial charge in [-0.1, -0.05) is 18.3 Å². The van der Waals surface area contributed by atoms with Crippen molar-refractivity contribution in [2.24, 2.45) is 11.7 Å². The van der Waals surface area contributed by atoms with Crippen molar-refractivity contribution in [3.8, 4) is 0 Å². The van der Waals surface area contributed by atoms with Crippen LogP contribution in [0.2, 0.25) is 0 Å². The second-order valence-corrected chi connectivity index (χ2v) is 5.01. The van der Waals surface area contributed by atoms with Gasteiger partial charge in [-0.2, -0.15) is 0 Å². The van der Waals surface area contributed by atoms with Crippen LogP contribution in [0.1, 0.15) is 6.92 Å². The van der Waals surface area contributed by atoms with Gasteiger partial charge in [-0.05, 0) is 15.9 Å². The van der Waals surface area contributed by atoms with Crippen LogP contribution >= 0.6 is 27.3 Å². The summed E-state index contributed by atoms with van der Waals surface area (Å²) in [6.45, 7) is 2.12. The molecule has 1 heterocycles. The number of thiazole rings is 1. The predicted octanol–water partition coefficient (Wildman–Crippen LogP) is 1.44. The third-order valence-electron chi connectivity index (χ3n) is 1.51. The van der Waals surface area contributed by atoms with Crippen LogP contribution in [0, 0.1) is 5.92 Å². The summed E-state index contributed by atoms with van der Waals surface area (Å²) < 4.78 is 0.892. The first-order valence-electron chi connectivity index (χ1n) is 3.75. The number of rotatable bonds is 3. The number of anilines is 1. The zero-order valence-electron chi connectivity index (χ0n) is 7.08. The molecule has 0 radical (unpaired) electrons. The smallest absolute Gasteiger partial charge is 0.230 e. The molecule has 0 saturated carbocycles. The summed E-state index contributed by atoms with van der Waals surface area (Å²) in [4.78, 5) is 15.3. The van der Waals surface area contributed by atoms with E-state index >= 15 is 0 Å². The summed E-state index contributed by atoms with van der Waals surface area (Å²) in [5.74, 6) is -0.271. The Morgan fingerprint density at radius 2 is 2.62 bits per heavy atom. The van der Waals surface area contributed by atoms with E-state index in [1.165, 1.54) is 11.3 Å². The quantitative estimate of drug-likeness (QED) is 0.868. The van der Waals surface area contributed by atoms with Crippen LogP contribution in [-0.4, -0.2) is 17.4 Å². The SMILES string of the molecule is CC(CN)C(=O)Nc1ncc(Br)s1. The number of carbonyl (C=O) groups is 1. The molecule has 13 heavy (non-hydrogen) atoms. The van der Waals surface area contributed by atoms with Gasteiger partial charge in [0.15, 0.2) is 5.13 Å². The van der Waals surface area contributed by atoms with E-state index in [9.17, 15) is 4.79 Å². The molecule has 0 aliphatic heterocycles. The average molecular weight is 264 g/mol. The van der Waals surface area contributed by atoms with Crippen molar-refractivity contribution in [2.75, 3.05) is 11.9 Å². The maximum Gasteiger partial charge on any atom is 0.230 e. The van der Waals surface area contributed by atoms with Crippen molar-refractivity contribution >= 4 is 38.3 Å². The Balaban J connectivity index is 2.54. The molecular weight excluding hydrogens is 254 g/mol. The molecule has 0 bridgehead atoms. The molecule has 1 atom stereocenters. The van der Waals surface area contributed by atoms with Crippen molar-refractivity contribution in [1.82, 2.24) is 4.98 Å². The van der Waals surface area contributed by atoms with Gasteiger partial charge in [-0.15, -0.1) is 0 Å². The summed E-state index contributed by atoms with van der Waals surface area (Å²) in [5.41, 5.74) is 5.34. The zero-order chi connectivity index (χ0) is 9.84. The standard InChI is InChI=1S/C7H10BrN3OS/c1-4(2-9)6(12)11-7-10-3-5(8)13-7/h3-4H,2,9H2,1H3,(H,10,11,12). The number of aromatic nitrogens is 1. The Hall–Kier alpha value is -0.460. The van der Waals surface area contributed by atoms with Crippen LogP contribution in [0.25, 0.3) is 0 Å². The summed E-state index contributed by atoms with van der Waals surface area (Å²) in [5, 5.41) is 3.27. The third-order valence-corrected chi connectivity index (χ3v) is 2.90. The van der Waals surface area contributed by atoms with E-state index in [-0.39, 0.29) is 11.8 Å². The predicted molar refractivity (Wildman–Crippen MR) is 56.7 cm³/mol. The van der Waals surface area contributed by atoms with Gasteiger partial charge in [0.05, 0.1) is 9.98 Å². The Morgan fingerprint density at radius 3 is 3.08 bits per heavy atom. The van der Waals surface area contributed by atoms with Gasteiger partial charge < -0.3 is 11.1 Å². The Morgan fingerprint density at radius 1 is 1.92 bits per heavy atom. The van der Waals surface area contributed by atoms with Crippen molar-refractivity contribution in [3.63, 3.8) is 0 Å². The lowest BCUT2D eigenvalue weighted by molar-refractivity contribution is -0.119. The van der Waals surface area contributed by atoms with Crippen LogP contribution in [0.3, 0.4) is 0 Å². The minimum Gasteiger partial charge on any atom is -0.330 e. The number of nitrogens with two attached hydrogens (primary N) is 1. The van der Waals surface area contributed by atoms with Gasteiger partial charge in [0, 0.05) is 12.5 Å². The lowest BCUT2D eigenvalue weighted by Crippen LogP contribution is -2.26. The summed E-state index contributed by atoms with van der Waals surface area (Å²) in [7, 11) is 0. The molecule has 0 aliphatic rings. The molecule has 0 fully saturated rings. The van der Waals surface area contributed by atoms with Crippen molar-refractivity contribution in [2.45, 2.75) is 6.92 Å². The molecular formula is C7H10BrN3OS. The number of amides is 1. The highest BCUT2D eigenvalue weighted by molar-refractivity contribution is 9.11. The second kappa shape index (κ2) is 4.69. The van der Waals surface area contributed by atoms with Crippen LogP contribution in [0.5, 0.6) is 0 Å². The molecule has 1 amide bonds. The average Bonchev–Trinajstić information content (AvgIpc) is 2.49. The number of carbonyl (C=O) groups excluding carboxylic acids is 1. The summed E-state index contributed by atoms with van der Waals surface area (Å²) in [6, 6.07) is 0. The van der Waals surface area contributed by atoms with Crippen molar-refractivity contribution in [1.29, 1.82) is 0 Å². The summed E-state index contributed by atoms with van der Waals surface area (Å²) in [6.07, 6.45) is 1.65. The third kappa shape index (κ3) is 3.06. The van der Waals surface area contributed by atoms with E-state index in [1.807, 2.05) is 0 Å². The van der Waals surface area contributed by atoms with Crippen LogP contribution in [0.4, 0.5) is 5.13 Å². The lowest BCUT2D eigenvalue weighted by atomic mass is 10.2. The number of hydrogen-bond donors (Lipinski definition) is 2. The minimum absolute atomic E-state index is 0.0932. The number of nitrogens with zero attached hydrogens (tertiary/aromatic N) is 1. The maximum atomic E-state index is 11.3. The van der Waals surface area contributed by atoms with E-state index in [1.54, 1.807) is 13.1 Å². The molecule has 72 valence electrons. The number of nitrogens with one attached hydrogen (secondary N) is 1. The Bertz CT molecular complexity index is 302. The van der Waals surface area contributed by atoms with Gasteiger partial charge in [-0.3, -0.25) is 4.79 Å². The Labute approximate surface area is 88.7 Å². The molecule has 4 nitrogen and oxygen atoms in total. The van der Waals surface area contributed by atoms with E-state index < -0.39 is 0 Å². The van der Waals surface area contributed by atoms with E-state index in [0.717, 1.165) is 3.79 Å². The second-order valence-electron chi connectivity index (χ2n) is 2.60. The summed E-state index contributed by atoms with van der Waals surface area (Å²) >= 11 is 4.63. The van der Waals surface area contributed by atoms with Crippen molar-refractivity contribution in [3.05, 3.63) is 9.98 Å².